The molecule has 0 amide bonds. The molecule has 1 heterocycles. The quantitative estimate of drug-likeness (QED) is 0.690. The number of rotatable bonds is 6. The van der Waals surface area contributed by atoms with Crippen molar-refractivity contribution in [2.75, 3.05) is 36.8 Å². The van der Waals surface area contributed by atoms with Gasteiger partial charge in [-0.3, -0.25) is 0 Å². The highest BCUT2D eigenvalue weighted by molar-refractivity contribution is 7.89. The number of nitrogens with two attached hydrogens (primary N) is 1. The van der Waals surface area contributed by atoms with Gasteiger partial charge in [0.2, 0.25) is 10.0 Å². The average molecular weight is 397 g/mol. The van der Waals surface area contributed by atoms with Gasteiger partial charge < -0.3 is 15.7 Å². The van der Waals surface area contributed by atoms with E-state index in [0.29, 0.717) is 19.5 Å². The second-order valence-corrected chi connectivity index (χ2v) is 8.42. The highest BCUT2D eigenvalue weighted by Crippen LogP contribution is 2.19. The summed E-state index contributed by atoms with van der Waals surface area (Å²) in [7, 11) is -3.90. The van der Waals surface area contributed by atoms with Crippen molar-refractivity contribution in [1.29, 1.82) is 0 Å². The van der Waals surface area contributed by atoms with Crippen molar-refractivity contribution in [2.45, 2.75) is 25.3 Å². The van der Waals surface area contributed by atoms with Gasteiger partial charge in [-0.25, -0.2) is 17.6 Å². The number of carboxylic acid groups (broad SMARTS) is 1. The monoisotopic (exact) mass is 397 g/mol. The van der Waals surface area contributed by atoms with Gasteiger partial charge in [0.25, 0.3) is 0 Å². The fourth-order valence-electron chi connectivity index (χ4n) is 2.75. The predicted octanol–water partition coefficient (Wildman–Crippen LogP) is 0.863. The first-order valence-electron chi connectivity index (χ1n) is 8.68. The molecule has 1 aromatic carbocycles. The van der Waals surface area contributed by atoms with Gasteiger partial charge in [-0.1, -0.05) is 12.8 Å². The number of hydrogen-bond acceptors (Lipinski definition) is 5. The van der Waals surface area contributed by atoms with Gasteiger partial charge in [0.05, 0.1) is 0 Å². The third-order valence-corrected chi connectivity index (χ3v) is 6.27. The molecular formula is C18H24FN3O4S. The van der Waals surface area contributed by atoms with Crippen LogP contribution in [0.1, 0.15) is 19.8 Å². The highest BCUT2D eigenvalue weighted by atomic mass is 32.2. The minimum Gasteiger partial charge on any atom is -0.479 e. The third-order valence-electron chi connectivity index (χ3n) is 4.30. The molecular weight excluding hydrogens is 373 g/mol. The number of halogens is 1. The molecule has 148 valence electrons. The molecule has 2 rings (SSSR count). The molecule has 9 heteroatoms. The summed E-state index contributed by atoms with van der Waals surface area (Å²) in [6, 6.07) is 5.97. The van der Waals surface area contributed by atoms with Crippen LogP contribution in [0.5, 0.6) is 0 Å². The van der Waals surface area contributed by atoms with Gasteiger partial charge >= 0.3 is 5.97 Å². The maximum Gasteiger partial charge on any atom is 0.337 e. The fourth-order valence-corrected chi connectivity index (χ4v) is 4.43. The van der Waals surface area contributed by atoms with Crippen LogP contribution in [0.4, 0.5) is 10.1 Å². The first-order chi connectivity index (χ1) is 12.7. The van der Waals surface area contributed by atoms with Gasteiger partial charge in [-0.15, -0.1) is 5.92 Å². The van der Waals surface area contributed by atoms with Crippen molar-refractivity contribution in [1.82, 2.24) is 4.31 Å². The number of carboxylic acids is 1. The summed E-state index contributed by atoms with van der Waals surface area (Å²) in [6.07, 6.45) is 1.17. The van der Waals surface area contributed by atoms with Gasteiger partial charge in [-0.05, 0) is 30.7 Å². The van der Waals surface area contributed by atoms with Crippen LogP contribution in [0.15, 0.2) is 24.3 Å². The van der Waals surface area contributed by atoms with E-state index in [0.717, 1.165) is 12.1 Å². The fraction of sp³-hybridized carbons (Fsp3) is 0.500. The Morgan fingerprint density at radius 3 is 2.37 bits per heavy atom. The minimum absolute atomic E-state index is 0.192. The number of piperazine rings is 1. The van der Waals surface area contributed by atoms with E-state index in [-0.39, 0.29) is 18.9 Å². The standard InChI is InChI=1S/C18H24FN3O4S/c1-2-3-4-9-18(20,17(23)24)14-27(25,26)22-12-10-21(11-13-22)16-7-5-15(19)6-8-16/h5-8H,2-3,10-14,20H2,1H3,(H,23,24). The molecule has 1 aromatic rings. The van der Waals surface area contributed by atoms with Crippen molar-refractivity contribution in [3.8, 4) is 11.8 Å². The number of anilines is 1. The van der Waals surface area contributed by atoms with Crippen LogP contribution in [0.2, 0.25) is 0 Å². The molecule has 3 N–H and O–H groups in total. The normalized spacial score (nSPS) is 17.7. The summed E-state index contributed by atoms with van der Waals surface area (Å²) in [5, 5.41) is 9.36. The van der Waals surface area contributed by atoms with E-state index in [1.165, 1.54) is 16.4 Å². The Bertz CT molecular complexity index is 824. The maximum atomic E-state index is 13.0. The van der Waals surface area contributed by atoms with E-state index in [2.05, 4.69) is 11.8 Å². The molecule has 0 saturated carbocycles. The largest absolute Gasteiger partial charge is 0.479 e. The summed E-state index contributed by atoms with van der Waals surface area (Å²) in [4.78, 5) is 13.4. The molecule has 1 saturated heterocycles. The van der Waals surface area contributed by atoms with E-state index >= 15 is 0 Å². The van der Waals surface area contributed by atoms with Crippen molar-refractivity contribution >= 4 is 21.7 Å². The number of aliphatic carboxylic acids is 1. The lowest BCUT2D eigenvalue weighted by Crippen LogP contribution is -2.57. The van der Waals surface area contributed by atoms with E-state index in [4.69, 9.17) is 5.73 Å². The van der Waals surface area contributed by atoms with Crippen LogP contribution >= 0.6 is 0 Å². The lowest BCUT2D eigenvalue weighted by Gasteiger charge is -2.36. The van der Waals surface area contributed by atoms with E-state index in [1.807, 2.05) is 11.8 Å². The van der Waals surface area contributed by atoms with Crippen molar-refractivity contribution in [2.24, 2.45) is 5.73 Å². The molecule has 0 aromatic heterocycles. The maximum absolute atomic E-state index is 13.0. The molecule has 0 radical (unpaired) electrons. The molecule has 1 atom stereocenters. The van der Waals surface area contributed by atoms with Crippen LogP contribution in [-0.2, 0) is 14.8 Å². The summed E-state index contributed by atoms with van der Waals surface area (Å²) < 4.78 is 39.6. The number of nitrogens with zero attached hydrogens (tertiary/aromatic N) is 2. The molecule has 0 spiro atoms. The van der Waals surface area contributed by atoms with Gasteiger partial charge in [-0.2, -0.15) is 4.31 Å². The summed E-state index contributed by atoms with van der Waals surface area (Å²) in [5.74, 6) is 2.48. The number of hydrogen-bond donors (Lipinski definition) is 2. The topological polar surface area (TPSA) is 104 Å². The second-order valence-electron chi connectivity index (χ2n) is 6.45. The number of sulfonamides is 1. The number of unbranched alkanes of at least 4 members (excludes halogenated alkanes) is 1. The van der Waals surface area contributed by atoms with Crippen LogP contribution in [-0.4, -0.2) is 61.3 Å². The molecule has 1 aliphatic heterocycles. The summed E-state index contributed by atoms with van der Waals surface area (Å²) in [6.45, 7) is 3.09. The van der Waals surface area contributed by atoms with E-state index in [9.17, 15) is 22.7 Å². The molecule has 1 fully saturated rings. The van der Waals surface area contributed by atoms with Crippen LogP contribution < -0.4 is 10.6 Å². The first-order valence-corrected chi connectivity index (χ1v) is 10.3. The van der Waals surface area contributed by atoms with Crippen LogP contribution in [0.25, 0.3) is 0 Å². The molecule has 7 nitrogen and oxygen atoms in total. The molecule has 0 bridgehead atoms. The van der Waals surface area contributed by atoms with Crippen LogP contribution in [0, 0.1) is 17.7 Å². The zero-order chi connectivity index (χ0) is 20.1. The Kier molecular flexibility index (Phi) is 6.81. The van der Waals surface area contributed by atoms with Crippen molar-refractivity contribution in [3.63, 3.8) is 0 Å². The van der Waals surface area contributed by atoms with E-state index in [1.54, 1.807) is 12.1 Å². The van der Waals surface area contributed by atoms with Gasteiger partial charge in [0.1, 0.15) is 11.6 Å². The number of benzene rings is 1. The number of carbonyl (C=O) groups is 1. The Balaban J connectivity index is 2.06. The Morgan fingerprint density at radius 1 is 1.26 bits per heavy atom. The van der Waals surface area contributed by atoms with E-state index < -0.39 is 27.3 Å². The molecule has 1 aliphatic rings. The predicted molar refractivity (Wildman–Crippen MR) is 101 cm³/mol. The Hall–Kier alpha value is -2.15. The molecule has 1 unspecified atom stereocenters. The highest BCUT2D eigenvalue weighted by Gasteiger charge is 2.40. The van der Waals surface area contributed by atoms with Gasteiger partial charge in [0, 0.05) is 38.3 Å². The third kappa shape index (κ3) is 5.42. The van der Waals surface area contributed by atoms with Crippen molar-refractivity contribution < 1.29 is 22.7 Å². The second kappa shape index (κ2) is 8.69. The summed E-state index contributed by atoms with van der Waals surface area (Å²) in [5.41, 5.74) is 4.45. The zero-order valence-corrected chi connectivity index (χ0v) is 16.0. The van der Waals surface area contributed by atoms with Crippen molar-refractivity contribution in [3.05, 3.63) is 30.1 Å². The Labute approximate surface area is 159 Å². The Morgan fingerprint density at radius 2 is 1.85 bits per heavy atom. The SMILES string of the molecule is CCCC#CC(N)(CS(=O)(=O)N1CCN(c2ccc(F)cc2)CC1)C(=O)O. The smallest absolute Gasteiger partial charge is 0.337 e. The average Bonchev–Trinajstić information content (AvgIpc) is 2.62. The summed E-state index contributed by atoms with van der Waals surface area (Å²) >= 11 is 0. The minimum atomic E-state index is -3.90. The lowest BCUT2D eigenvalue weighted by molar-refractivity contribution is -0.140. The lowest BCUT2D eigenvalue weighted by atomic mass is 10.1. The first kappa shape index (κ1) is 21.2. The van der Waals surface area contributed by atoms with Gasteiger partial charge in [0.15, 0.2) is 5.54 Å². The molecule has 0 aliphatic carbocycles. The van der Waals surface area contributed by atoms with Crippen LogP contribution in [0.3, 0.4) is 0 Å². The zero-order valence-electron chi connectivity index (χ0n) is 15.2. The molecule has 27 heavy (non-hydrogen) atoms.